The summed E-state index contributed by atoms with van der Waals surface area (Å²) in [5.74, 6) is 0.722. The molecule has 6 nitrogen and oxygen atoms in total. The van der Waals surface area contributed by atoms with E-state index in [9.17, 15) is 15.3 Å². The van der Waals surface area contributed by atoms with Crippen LogP contribution in [0.5, 0.6) is 5.75 Å². The van der Waals surface area contributed by atoms with Crippen LogP contribution < -0.4 is 4.74 Å². The summed E-state index contributed by atoms with van der Waals surface area (Å²) in [5.41, 5.74) is 1.62. The Morgan fingerprint density at radius 3 is 1.71 bits per heavy atom. The normalized spacial score (nSPS) is 23.6. The molecular formula is C25H26O6. The van der Waals surface area contributed by atoms with Crippen molar-refractivity contribution >= 4 is 0 Å². The van der Waals surface area contributed by atoms with E-state index in [0.29, 0.717) is 0 Å². The zero-order valence-corrected chi connectivity index (χ0v) is 17.2. The van der Waals surface area contributed by atoms with Crippen LogP contribution in [0, 0.1) is 0 Å². The van der Waals surface area contributed by atoms with Crippen molar-refractivity contribution in [3.8, 4) is 5.75 Å². The minimum Gasteiger partial charge on any atom is -0.497 e. The van der Waals surface area contributed by atoms with Crippen LogP contribution in [0.3, 0.4) is 0 Å². The van der Waals surface area contributed by atoms with E-state index in [1.807, 2.05) is 84.9 Å². The average molecular weight is 422 g/mol. The van der Waals surface area contributed by atoms with E-state index in [0.717, 1.165) is 22.4 Å². The molecular weight excluding hydrogens is 396 g/mol. The molecule has 4 rings (SSSR count). The van der Waals surface area contributed by atoms with Gasteiger partial charge in [0.1, 0.15) is 29.7 Å². The Kier molecular flexibility index (Phi) is 6.36. The second kappa shape index (κ2) is 9.18. The van der Waals surface area contributed by atoms with Crippen molar-refractivity contribution in [1.29, 1.82) is 0 Å². The van der Waals surface area contributed by atoms with Gasteiger partial charge in [-0.15, -0.1) is 0 Å². The van der Waals surface area contributed by atoms with Crippen LogP contribution in [0.1, 0.15) is 16.7 Å². The van der Waals surface area contributed by atoms with Gasteiger partial charge >= 0.3 is 0 Å². The molecule has 1 aliphatic rings. The van der Waals surface area contributed by atoms with Crippen LogP contribution in [0.15, 0.2) is 84.9 Å². The van der Waals surface area contributed by atoms with Crippen molar-refractivity contribution in [3.63, 3.8) is 0 Å². The predicted molar refractivity (Wildman–Crippen MR) is 115 cm³/mol. The first kappa shape index (κ1) is 21.5. The second-order valence-electron chi connectivity index (χ2n) is 7.50. The topological polar surface area (TPSA) is 88.4 Å². The summed E-state index contributed by atoms with van der Waals surface area (Å²) < 4.78 is 17.2. The van der Waals surface area contributed by atoms with Crippen molar-refractivity contribution in [3.05, 3.63) is 102 Å². The first-order valence-electron chi connectivity index (χ1n) is 10.2. The monoisotopic (exact) mass is 422 g/mol. The smallest absolute Gasteiger partial charge is 0.184 e. The van der Waals surface area contributed by atoms with Crippen LogP contribution in [-0.4, -0.2) is 53.6 Å². The lowest BCUT2D eigenvalue weighted by molar-refractivity contribution is -0.145. The zero-order chi connectivity index (χ0) is 21.8. The van der Waals surface area contributed by atoms with Gasteiger partial charge in [-0.3, -0.25) is 0 Å². The summed E-state index contributed by atoms with van der Waals surface area (Å²) in [6.07, 6.45) is -4.96. The van der Waals surface area contributed by atoms with Crippen LogP contribution in [-0.2, 0) is 15.1 Å². The van der Waals surface area contributed by atoms with E-state index in [4.69, 9.17) is 14.2 Å². The quantitative estimate of drug-likeness (QED) is 0.507. The lowest BCUT2D eigenvalue weighted by Crippen LogP contribution is -2.39. The van der Waals surface area contributed by atoms with Crippen LogP contribution in [0.25, 0.3) is 0 Å². The van der Waals surface area contributed by atoms with Gasteiger partial charge in [-0.25, -0.2) is 0 Å². The molecule has 3 aromatic carbocycles. The summed E-state index contributed by atoms with van der Waals surface area (Å²) in [6.45, 7) is -0.0505. The third kappa shape index (κ3) is 4.08. The predicted octanol–water partition coefficient (Wildman–Crippen LogP) is 2.44. The average Bonchev–Trinajstić information content (AvgIpc) is 3.08. The standard InChI is InChI=1S/C25H26O6/c1-29-20-14-12-19(13-15-20)25(17-8-4-2-5-9-17,18-10-6-3-7-11-18)30-16-21-22(26)23(27)24(28)31-21/h2-15,21-24,26-28H,16H2,1H3/t21-,22-,23-,24?/m1/s1. The van der Waals surface area contributed by atoms with Gasteiger partial charge in [0.25, 0.3) is 0 Å². The third-order valence-corrected chi connectivity index (χ3v) is 5.66. The first-order valence-corrected chi connectivity index (χ1v) is 10.2. The highest BCUT2D eigenvalue weighted by molar-refractivity contribution is 5.48. The summed E-state index contributed by atoms with van der Waals surface area (Å²) in [7, 11) is 1.61. The summed E-state index contributed by atoms with van der Waals surface area (Å²) in [6, 6.07) is 27.2. The molecule has 3 N–H and O–H groups in total. The molecule has 0 bridgehead atoms. The minimum absolute atomic E-state index is 0.0505. The number of rotatable bonds is 7. The fraction of sp³-hybridized carbons (Fsp3) is 0.280. The molecule has 1 saturated heterocycles. The molecule has 0 aromatic heterocycles. The number of methoxy groups -OCH3 is 1. The van der Waals surface area contributed by atoms with Gasteiger partial charge in [0, 0.05) is 0 Å². The summed E-state index contributed by atoms with van der Waals surface area (Å²) in [5, 5.41) is 29.9. The van der Waals surface area contributed by atoms with Gasteiger partial charge in [0.05, 0.1) is 13.7 Å². The molecule has 4 atom stereocenters. The van der Waals surface area contributed by atoms with E-state index >= 15 is 0 Å². The molecule has 1 unspecified atom stereocenters. The molecule has 6 heteroatoms. The van der Waals surface area contributed by atoms with E-state index < -0.39 is 30.2 Å². The maximum Gasteiger partial charge on any atom is 0.184 e. The number of benzene rings is 3. The molecule has 0 spiro atoms. The lowest BCUT2D eigenvalue weighted by atomic mass is 9.80. The number of aliphatic hydroxyl groups is 3. The zero-order valence-electron chi connectivity index (χ0n) is 17.2. The van der Waals surface area contributed by atoms with Crippen LogP contribution >= 0.6 is 0 Å². The number of aliphatic hydroxyl groups excluding tert-OH is 3. The molecule has 31 heavy (non-hydrogen) atoms. The van der Waals surface area contributed by atoms with Gasteiger partial charge < -0.3 is 29.5 Å². The number of hydrogen-bond donors (Lipinski definition) is 3. The highest BCUT2D eigenvalue weighted by atomic mass is 16.7. The van der Waals surface area contributed by atoms with E-state index in [1.54, 1.807) is 7.11 Å². The summed E-state index contributed by atoms with van der Waals surface area (Å²) >= 11 is 0. The molecule has 1 aliphatic heterocycles. The van der Waals surface area contributed by atoms with Gasteiger partial charge in [-0.2, -0.15) is 0 Å². The lowest BCUT2D eigenvalue weighted by Gasteiger charge is -2.37. The van der Waals surface area contributed by atoms with Gasteiger partial charge in [0.15, 0.2) is 6.29 Å². The Hall–Kier alpha value is -2.74. The Labute approximate surface area is 181 Å². The van der Waals surface area contributed by atoms with Gasteiger partial charge in [0.2, 0.25) is 0 Å². The fourth-order valence-corrected chi connectivity index (χ4v) is 4.00. The van der Waals surface area contributed by atoms with Crippen molar-refractivity contribution in [2.24, 2.45) is 0 Å². The molecule has 162 valence electrons. The van der Waals surface area contributed by atoms with Crippen molar-refractivity contribution in [2.75, 3.05) is 13.7 Å². The fourth-order valence-electron chi connectivity index (χ4n) is 4.00. The molecule has 0 amide bonds. The van der Waals surface area contributed by atoms with E-state index in [1.165, 1.54) is 0 Å². The molecule has 1 heterocycles. The van der Waals surface area contributed by atoms with Crippen molar-refractivity contribution < 1.29 is 29.5 Å². The largest absolute Gasteiger partial charge is 0.497 e. The number of hydrogen-bond acceptors (Lipinski definition) is 6. The highest BCUT2D eigenvalue weighted by Crippen LogP contribution is 2.41. The first-order chi connectivity index (χ1) is 15.1. The van der Waals surface area contributed by atoms with Gasteiger partial charge in [-0.1, -0.05) is 72.8 Å². The maximum atomic E-state index is 10.3. The second-order valence-corrected chi connectivity index (χ2v) is 7.50. The maximum absolute atomic E-state index is 10.3. The highest BCUT2D eigenvalue weighted by Gasteiger charge is 2.45. The Bertz CT molecular complexity index is 921. The van der Waals surface area contributed by atoms with Crippen molar-refractivity contribution in [2.45, 2.75) is 30.2 Å². The van der Waals surface area contributed by atoms with Gasteiger partial charge in [-0.05, 0) is 28.8 Å². The Balaban J connectivity index is 1.81. The molecule has 0 saturated carbocycles. The van der Waals surface area contributed by atoms with Crippen LogP contribution in [0.2, 0.25) is 0 Å². The third-order valence-electron chi connectivity index (χ3n) is 5.66. The Morgan fingerprint density at radius 2 is 1.26 bits per heavy atom. The van der Waals surface area contributed by atoms with E-state index in [2.05, 4.69) is 0 Å². The molecule has 3 aromatic rings. The molecule has 1 fully saturated rings. The minimum atomic E-state index is -1.45. The van der Waals surface area contributed by atoms with Crippen molar-refractivity contribution in [1.82, 2.24) is 0 Å². The van der Waals surface area contributed by atoms with Crippen LogP contribution in [0.4, 0.5) is 0 Å². The SMILES string of the molecule is COc1ccc(C(OC[C@H]2OC(O)[C@H](O)[C@@H]2O)(c2ccccc2)c2ccccc2)cc1. The molecule has 0 radical (unpaired) electrons. The van der Waals surface area contributed by atoms with E-state index in [-0.39, 0.29) is 6.61 Å². The number of ether oxygens (including phenoxy) is 3. The summed E-state index contributed by atoms with van der Waals surface area (Å²) in [4.78, 5) is 0. The molecule has 0 aliphatic carbocycles. The Morgan fingerprint density at radius 1 is 0.742 bits per heavy atom.